The van der Waals surface area contributed by atoms with Crippen molar-refractivity contribution in [2.45, 2.75) is 17.8 Å². The molecule has 1 amide bonds. The van der Waals surface area contributed by atoms with Crippen LogP contribution in [0.5, 0.6) is 11.5 Å². The Morgan fingerprint density at radius 2 is 2.00 bits per heavy atom. The quantitative estimate of drug-likeness (QED) is 0.597. The predicted molar refractivity (Wildman–Crippen MR) is 102 cm³/mol. The van der Waals surface area contributed by atoms with Crippen molar-refractivity contribution in [3.63, 3.8) is 0 Å². The standard InChI is InChI=1S/C19H14ClF3N2O2S/c1-18(28-2)13-10-12(4-5-15(13)25(8-7-24)17(18)26)27-16-6-3-11(9-14(16)20)19(21,22)23/h3-6,9-10H,8H2,1-2H3. The predicted octanol–water partition coefficient (Wildman–Crippen LogP) is 5.60. The number of alkyl halides is 3. The lowest BCUT2D eigenvalue weighted by molar-refractivity contribution is -0.137. The molecule has 0 aliphatic carbocycles. The van der Waals surface area contributed by atoms with Gasteiger partial charge in [0.2, 0.25) is 5.91 Å². The molecule has 0 radical (unpaired) electrons. The summed E-state index contributed by atoms with van der Waals surface area (Å²) in [4.78, 5) is 14.1. The number of benzene rings is 2. The van der Waals surface area contributed by atoms with E-state index in [4.69, 9.17) is 21.6 Å². The van der Waals surface area contributed by atoms with Gasteiger partial charge in [0.25, 0.3) is 0 Å². The highest BCUT2D eigenvalue weighted by Crippen LogP contribution is 2.49. The normalized spacial score (nSPS) is 18.8. The maximum absolute atomic E-state index is 12.8. The molecule has 0 fully saturated rings. The number of amides is 1. The molecule has 0 aromatic heterocycles. The number of fused-ring (bicyclic) bond motifs is 1. The zero-order valence-electron chi connectivity index (χ0n) is 14.8. The lowest BCUT2D eigenvalue weighted by Gasteiger charge is -2.21. The summed E-state index contributed by atoms with van der Waals surface area (Å²) >= 11 is 7.28. The van der Waals surface area contributed by atoms with E-state index in [0.29, 0.717) is 17.0 Å². The molecule has 3 rings (SSSR count). The van der Waals surface area contributed by atoms with Crippen LogP contribution in [0.2, 0.25) is 5.02 Å². The van der Waals surface area contributed by atoms with Crippen molar-refractivity contribution in [2.24, 2.45) is 0 Å². The van der Waals surface area contributed by atoms with Crippen LogP contribution in [0.4, 0.5) is 18.9 Å². The summed E-state index contributed by atoms with van der Waals surface area (Å²) in [6, 6.07) is 9.70. The zero-order chi connectivity index (χ0) is 20.7. The molecule has 0 bridgehead atoms. The number of carbonyl (C=O) groups excluding carboxylic acids is 1. The van der Waals surface area contributed by atoms with Gasteiger partial charge < -0.3 is 4.74 Å². The first kappa shape index (κ1) is 20.4. The third kappa shape index (κ3) is 3.40. The topological polar surface area (TPSA) is 53.3 Å². The number of halogens is 4. The molecule has 0 saturated carbocycles. The van der Waals surface area contributed by atoms with Crippen molar-refractivity contribution >= 4 is 35.0 Å². The highest BCUT2D eigenvalue weighted by molar-refractivity contribution is 8.00. The van der Waals surface area contributed by atoms with Gasteiger partial charge in [-0.3, -0.25) is 9.69 Å². The zero-order valence-corrected chi connectivity index (χ0v) is 16.4. The molecule has 0 saturated heterocycles. The Bertz CT molecular complexity index is 990. The van der Waals surface area contributed by atoms with Gasteiger partial charge in [-0.15, -0.1) is 11.8 Å². The Kier molecular flexibility index (Phi) is 5.26. The molecule has 1 atom stereocenters. The summed E-state index contributed by atoms with van der Waals surface area (Å²) in [5, 5.41) is 8.83. The van der Waals surface area contributed by atoms with Crippen LogP contribution < -0.4 is 9.64 Å². The minimum Gasteiger partial charge on any atom is -0.456 e. The van der Waals surface area contributed by atoms with Gasteiger partial charge in [0.1, 0.15) is 22.8 Å². The lowest BCUT2D eigenvalue weighted by Crippen LogP contribution is -2.36. The molecular weight excluding hydrogens is 413 g/mol. The first-order valence-corrected chi connectivity index (χ1v) is 9.65. The van der Waals surface area contributed by atoms with Crippen LogP contribution in [0.15, 0.2) is 36.4 Å². The summed E-state index contributed by atoms with van der Waals surface area (Å²) in [7, 11) is 0. The Morgan fingerprint density at radius 3 is 2.57 bits per heavy atom. The summed E-state index contributed by atoms with van der Waals surface area (Å²) < 4.78 is 43.1. The van der Waals surface area contributed by atoms with E-state index in [-0.39, 0.29) is 23.2 Å². The second-order valence-corrected chi connectivity index (χ2v) is 7.84. The van der Waals surface area contributed by atoms with Gasteiger partial charge >= 0.3 is 6.18 Å². The Hall–Kier alpha value is -2.37. The molecule has 4 nitrogen and oxygen atoms in total. The second-order valence-electron chi connectivity index (χ2n) is 6.21. The van der Waals surface area contributed by atoms with Gasteiger partial charge in [-0.25, -0.2) is 0 Å². The molecule has 0 spiro atoms. The van der Waals surface area contributed by atoms with Gasteiger partial charge in [-0.2, -0.15) is 18.4 Å². The number of anilines is 1. The highest BCUT2D eigenvalue weighted by atomic mass is 35.5. The fourth-order valence-electron chi connectivity index (χ4n) is 2.99. The molecule has 2 aromatic rings. The van der Waals surface area contributed by atoms with Crippen LogP contribution >= 0.6 is 23.4 Å². The van der Waals surface area contributed by atoms with Crippen molar-refractivity contribution in [3.05, 3.63) is 52.5 Å². The highest BCUT2D eigenvalue weighted by Gasteiger charge is 2.47. The minimum atomic E-state index is -4.50. The van der Waals surface area contributed by atoms with E-state index in [1.165, 1.54) is 16.7 Å². The smallest absolute Gasteiger partial charge is 0.416 e. The number of thioether (sulfide) groups is 1. The maximum Gasteiger partial charge on any atom is 0.416 e. The van der Waals surface area contributed by atoms with Crippen LogP contribution in [0, 0.1) is 11.3 Å². The number of nitrogens with zero attached hydrogens (tertiary/aromatic N) is 2. The summed E-state index contributed by atoms with van der Waals surface area (Å²) in [5.41, 5.74) is 0.404. The van der Waals surface area contributed by atoms with E-state index in [9.17, 15) is 18.0 Å². The molecule has 9 heteroatoms. The first-order chi connectivity index (χ1) is 13.1. The monoisotopic (exact) mass is 426 g/mol. The molecule has 146 valence electrons. The van der Waals surface area contributed by atoms with E-state index in [1.54, 1.807) is 31.4 Å². The van der Waals surface area contributed by atoms with Gasteiger partial charge in [0.15, 0.2) is 0 Å². The molecule has 0 N–H and O–H groups in total. The third-order valence-corrected chi connectivity index (χ3v) is 6.06. The fraction of sp³-hybridized carbons (Fsp3) is 0.263. The van der Waals surface area contributed by atoms with Crippen LogP contribution in [-0.2, 0) is 15.7 Å². The van der Waals surface area contributed by atoms with E-state index in [2.05, 4.69) is 0 Å². The van der Waals surface area contributed by atoms with Gasteiger partial charge in [0.05, 0.1) is 22.3 Å². The summed E-state index contributed by atoms with van der Waals surface area (Å²) in [6.45, 7) is 1.68. The van der Waals surface area contributed by atoms with Gasteiger partial charge in [-0.1, -0.05) is 11.6 Å². The number of rotatable bonds is 4. The van der Waals surface area contributed by atoms with Crippen molar-refractivity contribution in [1.29, 1.82) is 5.26 Å². The molecule has 2 aromatic carbocycles. The number of hydrogen-bond donors (Lipinski definition) is 0. The SMILES string of the molecule is CSC1(C)C(=O)N(CC#N)c2ccc(Oc3ccc(C(F)(F)F)cc3Cl)cc21. The first-order valence-electron chi connectivity index (χ1n) is 8.05. The average molecular weight is 427 g/mol. The van der Waals surface area contributed by atoms with Crippen LogP contribution in [0.25, 0.3) is 0 Å². The second kappa shape index (κ2) is 7.22. The van der Waals surface area contributed by atoms with Crippen LogP contribution in [-0.4, -0.2) is 18.7 Å². The Balaban J connectivity index is 1.97. The number of hydrogen-bond acceptors (Lipinski definition) is 4. The molecule has 1 heterocycles. The van der Waals surface area contributed by atoms with Crippen molar-refractivity contribution in [2.75, 3.05) is 17.7 Å². The van der Waals surface area contributed by atoms with E-state index >= 15 is 0 Å². The largest absolute Gasteiger partial charge is 0.456 e. The van der Waals surface area contributed by atoms with Gasteiger partial charge in [-0.05, 0) is 49.6 Å². The number of carbonyl (C=O) groups is 1. The third-order valence-electron chi connectivity index (χ3n) is 4.55. The molecule has 1 aliphatic rings. The Morgan fingerprint density at radius 1 is 1.29 bits per heavy atom. The van der Waals surface area contributed by atoms with E-state index < -0.39 is 16.5 Å². The molecule has 1 unspecified atom stereocenters. The Labute approximate surface area is 168 Å². The van der Waals surface area contributed by atoms with Crippen LogP contribution in [0.3, 0.4) is 0 Å². The van der Waals surface area contributed by atoms with Crippen molar-refractivity contribution < 1.29 is 22.7 Å². The van der Waals surface area contributed by atoms with Crippen molar-refractivity contribution in [1.82, 2.24) is 0 Å². The number of nitriles is 1. The minimum absolute atomic E-state index is 0.0682. The van der Waals surface area contributed by atoms with Gasteiger partial charge in [0, 0.05) is 5.56 Å². The lowest BCUT2D eigenvalue weighted by atomic mass is 10.0. The number of ether oxygens (including phenoxy) is 1. The van der Waals surface area contributed by atoms with Crippen LogP contribution in [0.1, 0.15) is 18.1 Å². The molecule has 1 aliphatic heterocycles. The molecule has 28 heavy (non-hydrogen) atoms. The average Bonchev–Trinajstić information content (AvgIpc) is 2.85. The van der Waals surface area contributed by atoms with E-state index in [0.717, 1.165) is 18.2 Å². The molecular formula is C19H14ClF3N2O2S. The summed E-state index contributed by atoms with van der Waals surface area (Å²) in [6.07, 6.45) is -2.71. The van der Waals surface area contributed by atoms with Crippen molar-refractivity contribution in [3.8, 4) is 17.6 Å². The van der Waals surface area contributed by atoms with E-state index in [1.807, 2.05) is 6.07 Å². The summed E-state index contributed by atoms with van der Waals surface area (Å²) in [5.74, 6) is 0.187. The fourth-order valence-corrected chi connectivity index (χ4v) is 3.88. The maximum atomic E-state index is 12.8.